The standard InChI is InChI=1S/C16H16FNO2/c1-11-7-8-13(9-14(11)17)16(20)18-10-15(19)12-5-3-2-4-6-12/h2-9,15,19H,10H2,1H3,(H,18,20)/t15-/m1/s1. The lowest BCUT2D eigenvalue weighted by atomic mass is 10.1. The number of hydrogen-bond acceptors (Lipinski definition) is 2. The number of rotatable bonds is 4. The third-order valence-electron chi connectivity index (χ3n) is 3.07. The number of benzene rings is 2. The third-order valence-corrected chi connectivity index (χ3v) is 3.07. The Hall–Kier alpha value is -2.20. The summed E-state index contributed by atoms with van der Waals surface area (Å²) in [5, 5.41) is 12.5. The van der Waals surface area contributed by atoms with E-state index in [9.17, 15) is 14.3 Å². The fourth-order valence-corrected chi connectivity index (χ4v) is 1.82. The van der Waals surface area contributed by atoms with Crippen LogP contribution in [-0.2, 0) is 0 Å². The molecule has 0 saturated heterocycles. The first-order chi connectivity index (χ1) is 9.58. The molecule has 104 valence electrons. The van der Waals surface area contributed by atoms with Gasteiger partial charge in [0.1, 0.15) is 5.82 Å². The number of aryl methyl sites for hydroxylation is 1. The molecule has 0 heterocycles. The largest absolute Gasteiger partial charge is 0.387 e. The van der Waals surface area contributed by atoms with Gasteiger partial charge in [0.05, 0.1) is 6.10 Å². The molecule has 2 N–H and O–H groups in total. The van der Waals surface area contributed by atoms with Crippen molar-refractivity contribution in [2.24, 2.45) is 0 Å². The second-order valence-electron chi connectivity index (χ2n) is 4.60. The van der Waals surface area contributed by atoms with Gasteiger partial charge in [-0.2, -0.15) is 0 Å². The van der Waals surface area contributed by atoms with Crippen LogP contribution in [0.25, 0.3) is 0 Å². The second-order valence-corrected chi connectivity index (χ2v) is 4.60. The normalized spacial score (nSPS) is 11.9. The van der Waals surface area contributed by atoms with E-state index in [2.05, 4.69) is 5.32 Å². The Bertz CT molecular complexity index is 599. The molecule has 3 nitrogen and oxygen atoms in total. The summed E-state index contributed by atoms with van der Waals surface area (Å²) in [6.07, 6.45) is -0.782. The number of aliphatic hydroxyl groups is 1. The van der Waals surface area contributed by atoms with E-state index in [0.29, 0.717) is 5.56 Å². The molecule has 1 atom stereocenters. The lowest BCUT2D eigenvalue weighted by Crippen LogP contribution is -2.28. The van der Waals surface area contributed by atoms with E-state index in [0.717, 1.165) is 5.56 Å². The third kappa shape index (κ3) is 3.42. The molecule has 0 saturated carbocycles. The summed E-state index contributed by atoms with van der Waals surface area (Å²) in [4.78, 5) is 11.9. The Labute approximate surface area is 117 Å². The minimum Gasteiger partial charge on any atom is -0.387 e. The Morgan fingerprint density at radius 1 is 1.25 bits per heavy atom. The number of amides is 1. The summed E-state index contributed by atoms with van der Waals surface area (Å²) in [6, 6.07) is 13.3. The molecule has 0 aliphatic carbocycles. The van der Waals surface area contributed by atoms with E-state index in [1.165, 1.54) is 6.07 Å². The number of carbonyl (C=O) groups excluding carboxylic acids is 1. The van der Waals surface area contributed by atoms with Crippen molar-refractivity contribution in [1.29, 1.82) is 0 Å². The van der Waals surface area contributed by atoms with E-state index >= 15 is 0 Å². The summed E-state index contributed by atoms with van der Waals surface area (Å²) in [5.74, 6) is -0.819. The van der Waals surface area contributed by atoms with E-state index in [-0.39, 0.29) is 12.1 Å². The van der Waals surface area contributed by atoms with Gasteiger partial charge in [-0.15, -0.1) is 0 Å². The number of carbonyl (C=O) groups is 1. The summed E-state index contributed by atoms with van der Waals surface area (Å²) in [6.45, 7) is 1.72. The highest BCUT2D eigenvalue weighted by atomic mass is 19.1. The number of nitrogens with one attached hydrogen (secondary N) is 1. The lowest BCUT2D eigenvalue weighted by molar-refractivity contribution is 0.0916. The minimum atomic E-state index is -0.782. The maximum atomic E-state index is 13.4. The Morgan fingerprint density at radius 3 is 2.60 bits per heavy atom. The first-order valence-electron chi connectivity index (χ1n) is 6.35. The van der Waals surface area contributed by atoms with Crippen LogP contribution in [0.2, 0.25) is 0 Å². The van der Waals surface area contributed by atoms with Crippen LogP contribution in [0.5, 0.6) is 0 Å². The van der Waals surface area contributed by atoms with Gasteiger partial charge in [-0.1, -0.05) is 36.4 Å². The molecule has 2 rings (SSSR count). The maximum absolute atomic E-state index is 13.4. The second kappa shape index (κ2) is 6.30. The maximum Gasteiger partial charge on any atom is 0.251 e. The summed E-state index contributed by atoms with van der Waals surface area (Å²) >= 11 is 0. The molecule has 0 fully saturated rings. The minimum absolute atomic E-state index is 0.0817. The zero-order valence-corrected chi connectivity index (χ0v) is 11.1. The van der Waals surface area contributed by atoms with Crippen LogP contribution in [0.4, 0.5) is 4.39 Å². The first-order valence-corrected chi connectivity index (χ1v) is 6.35. The highest BCUT2D eigenvalue weighted by molar-refractivity contribution is 5.94. The topological polar surface area (TPSA) is 49.3 Å². The average molecular weight is 273 g/mol. The van der Waals surface area contributed by atoms with Gasteiger partial charge in [-0.3, -0.25) is 4.79 Å². The Morgan fingerprint density at radius 2 is 1.95 bits per heavy atom. The fourth-order valence-electron chi connectivity index (χ4n) is 1.82. The Balaban J connectivity index is 1.97. The van der Waals surface area contributed by atoms with Gasteiger partial charge in [0.15, 0.2) is 0 Å². The van der Waals surface area contributed by atoms with Crippen LogP contribution in [0.1, 0.15) is 27.6 Å². The SMILES string of the molecule is Cc1ccc(C(=O)NC[C@@H](O)c2ccccc2)cc1F. The molecule has 2 aromatic carbocycles. The smallest absolute Gasteiger partial charge is 0.251 e. The summed E-state index contributed by atoms with van der Waals surface area (Å²) in [5.41, 5.74) is 1.46. The van der Waals surface area contributed by atoms with Gasteiger partial charge >= 0.3 is 0 Å². The van der Waals surface area contributed by atoms with Crippen LogP contribution in [0, 0.1) is 12.7 Å². The van der Waals surface area contributed by atoms with Crippen molar-refractivity contribution >= 4 is 5.91 Å². The fraction of sp³-hybridized carbons (Fsp3) is 0.188. The molecule has 0 aliphatic heterocycles. The number of hydrogen-bond donors (Lipinski definition) is 2. The molecular formula is C16H16FNO2. The average Bonchev–Trinajstić information content (AvgIpc) is 2.48. The zero-order valence-electron chi connectivity index (χ0n) is 11.1. The molecule has 0 radical (unpaired) electrons. The Kier molecular flexibility index (Phi) is 4.48. The van der Waals surface area contributed by atoms with Gasteiger partial charge in [0.2, 0.25) is 0 Å². The van der Waals surface area contributed by atoms with E-state index in [4.69, 9.17) is 0 Å². The number of halogens is 1. The van der Waals surface area contributed by atoms with Crippen molar-refractivity contribution in [3.05, 3.63) is 71.0 Å². The van der Waals surface area contributed by atoms with E-state index < -0.39 is 17.8 Å². The van der Waals surface area contributed by atoms with Crippen LogP contribution < -0.4 is 5.32 Å². The van der Waals surface area contributed by atoms with E-state index in [1.807, 2.05) is 18.2 Å². The van der Waals surface area contributed by atoms with Gasteiger partial charge in [0, 0.05) is 12.1 Å². The van der Waals surface area contributed by atoms with Crippen molar-refractivity contribution < 1.29 is 14.3 Å². The molecule has 2 aromatic rings. The highest BCUT2D eigenvalue weighted by Crippen LogP contribution is 2.12. The van der Waals surface area contributed by atoms with Crippen LogP contribution in [-0.4, -0.2) is 17.6 Å². The van der Waals surface area contributed by atoms with Gasteiger partial charge in [0.25, 0.3) is 5.91 Å². The molecule has 0 bridgehead atoms. The van der Waals surface area contributed by atoms with Crippen molar-refractivity contribution in [2.75, 3.05) is 6.54 Å². The van der Waals surface area contributed by atoms with Gasteiger partial charge in [-0.25, -0.2) is 4.39 Å². The van der Waals surface area contributed by atoms with Gasteiger partial charge < -0.3 is 10.4 Å². The molecule has 0 unspecified atom stereocenters. The number of aliphatic hydroxyl groups excluding tert-OH is 1. The van der Waals surface area contributed by atoms with Crippen molar-refractivity contribution in [2.45, 2.75) is 13.0 Å². The molecule has 0 spiro atoms. The van der Waals surface area contributed by atoms with Crippen molar-refractivity contribution in [1.82, 2.24) is 5.32 Å². The molecule has 0 aromatic heterocycles. The predicted molar refractivity (Wildman–Crippen MR) is 74.9 cm³/mol. The van der Waals surface area contributed by atoms with Crippen LogP contribution in [0.15, 0.2) is 48.5 Å². The lowest BCUT2D eigenvalue weighted by Gasteiger charge is -2.12. The van der Waals surface area contributed by atoms with Gasteiger partial charge in [-0.05, 0) is 30.2 Å². The summed E-state index contributed by atoms with van der Waals surface area (Å²) < 4.78 is 13.4. The first kappa shape index (κ1) is 14.2. The zero-order chi connectivity index (χ0) is 14.5. The highest BCUT2D eigenvalue weighted by Gasteiger charge is 2.11. The van der Waals surface area contributed by atoms with Crippen LogP contribution in [0.3, 0.4) is 0 Å². The molecule has 4 heteroatoms. The molecule has 0 aliphatic rings. The predicted octanol–water partition coefficient (Wildman–Crippen LogP) is 2.60. The molecule has 1 amide bonds. The quantitative estimate of drug-likeness (QED) is 0.899. The van der Waals surface area contributed by atoms with E-state index in [1.54, 1.807) is 31.2 Å². The molecular weight excluding hydrogens is 257 g/mol. The van der Waals surface area contributed by atoms with Crippen molar-refractivity contribution in [3.63, 3.8) is 0 Å². The van der Waals surface area contributed by atoms with Crippen LogP contribution >= 0.6 is 0 Å². The monoisotopic (exact) mass is 273 g/mol. The van der Waals surface area contributed by atoms with Crippen molar-refractivity contribution in [3.8, 4) is 0 Å². The molecule has 20 heavy (non-hydrogen) atoms. The summed E-state index contributed by atoms with van der Waals surface area (Å²) in [7, 11) is 0.